The van der Waals surface area contributed by atoms with E-state index in [1.165, 1.54) is 11.3 Å². The van der Waals surface area contributed by atoms with Gasteiger partial charge in [-0.25, -0.2) is 9.97 Å². The molecule has 3 heterocycles. The lowest BCUT2D eigenvalue weighted by molar-refractivity contribution is 0.311. The van der Waals surface area contributed by atoms with Crippen LogP contribution in [-0.4, -0.2) is 53.1 Å². The van der Waals surface area contributed by atoms with Crippen LogP contribution < -0.4 is 4.90 Å². The molecule has 0 N–H and O–H groups in total. The summed E-state index contributed by atoms with van der Waals surface area (Å²) in [5.41, 5.74) is 0. The fourth-order valence-corrected chi connectivity index (χ4v) is 2.98. The molecule has 0 aliphatic carbocycles. The molecule has 1 saturated heterocycles. The van der Waals surface area contributed by atoms with Crippen LogP contribution in [0.3, 0.4) is 0 Å². The highest BCUT2D eigenvalue weighted by atomic mass is 35.5. The molecule has 0 saturated carbocycles. The Morgan fingerprint density at radius 1 is 1.16 bits per heavy atom. The Balaban J connectivity index is 1.84. The van der Waals surface area contributed by atoms with E-state index in [0.717, 1.165) is 41.3 Å². The largest absolute Gasteiger partial charge is 0.338 e. The molecule has 0 spiro atoms. The molecule has 0 unspecified atom stereocenters. The first kappa shape index (κ1) is 12.8. The molecule has 0 amide bonds. The minimum absolute atomic E-state index is 0.695. The lowest BCUT2D eigenvalue weighted by Crippen LogP contribution is -2.45. The van der Waals surface area contributed by atoms with E-state index in [1.54, 1.807) is 6.33 Å². The van der Waals surface area contributed by atoms with Crippen LogP contribution in [0.5, 0.6) is 0 Å². The fourth-order valence-electron chi connectivity index (χ4n) is 2.00. The van der Waals surface area contributed by atoms with Gasteiger partial charge in [0.05, 0.1) is 9.21 Å². The Bertz CT molecular complexity index is 565. The van der Waals surface area contributed by atoms with Gasteiger partial charge in [-0.05, 0) is 19.2 Å². The van der Waals surface area contributed by atoms with Gasteiger partial charge in [-0.3, -0.25) is 0 Å². The molecule has 0 aromatic carbocycles. The average molecular weight is 296 g/mol. The van der Waals surface area contributed by atoms with Crippen molar-refractivity contribution in [3.8, 4) is 10.7 Å². The summed E-state index contributed by atoms with van der Waals surface area (Å²) in [6.45, 7) is 3.97. The number of rotatable bonds is 2. The van der Waals surface area contributed by atoms with Crippen molar-refractivity contribution in [1.82, 2.24) is 19.9 Å². The quantitative estimate of drug-likeness (QED) is 0.848. The molecule has 1 fully saturated rings. The maximum Gasteiger partial charge on any atom is 0.229 e. The van der Waals surface area contributed by atoms with E-state index < -0.39 is 0 Å². The second kappa shape index (κ2) is 5.40. The van der Waals surface area contributed by atoms with Crippen molar-refractivity contribution < 1.29 is 0 Å². The van der Waals surface area contributed by atoms with Crippen molar-refractivity contribution in [2.75, 3.05) is 38.1 Å². The second-order valence-electron chi connectivity index (χ2n) is 4.50. The third-order valence-electron chi connectivity index (χ3n) is 3.14. The zero-order valence-corrected chi connectivity index (χ0v) is 12.2. The SMILES string of the molecule is CN1CCN(c2ncnc(-c3ccc(Cl)s3)n2)CC1. The summed E-state index contributed by atoms with van der Waals surface area (Å²) in [5, 5.41) is 0. The molecule has 1 aliphatic heterocycles. The van der Waals surface area contributed by atoms with Crippen molar-refractivity contribution in [2.24, 2.45) is 0 Å². The van der Waals surface area contributed by atoms with Gasteiger partial charge in [-0.15, -0.1) is 11.3 Å². The van der Waals surface area contributed by atoms with Crippen LogP contribution in [0, 0.1) is 0 Å². The molecule has 7 heteroatoms. The van der Waals surface area contributed by atoms with Crippen LogP contribution in [0.1, 0.15) is 0 Å². The Morgan fingerprint density at radius 3 is 2.63 bits per heavy atom. The first-order chi connectivity index (χ1) is 9.22. The summed E-state index contributed by atoms with van der Waals surface area (Å²) in [6.07, 6.45) is 1.57. The smallest absolute Gasteiger partial charge is 0.229 e. The molecule has 2 aromatic rings. The van der Waals surface area contributed by atoms with Gasteiger partial charge in [0.1, 0.15) is 6.33 Å². The van der Waals surface area contributed by atoms with E-state index in [4.69, 9.17) is 11.6 Å². The highest BCUT2D eigenvalue weighted by molar-refractivity contribution is 7.19. The normalized spacial score (nSPS) is 16.8. The average Bonchev–Trinajstić information content (AvgIpc) is 2.86. The molecule has 0 atom stereocenters. The third kappa shape index (κ3) is 2.86. The van der Waals surface area contributed by atoms with Gasteiger partial charge < -0.3 is 9.80 Å². The molecule has 5 nitrogen and oxygen atoms in total. The predicted molar refractivity (Wildman–Crippen MR) is 77.9 cm³/mol. The second-order valence-corrected chi connectivity index (χ2v) is 6.22. The van der Waals surface area contributed by atoms with E-state index in [2.05, 4.69) is 31.8 Å². The Morgan fingerprint density at radius 2 is 1.95 bits per heavy atom. The maximum absolute atomic E-state index is 5.95. The number of piperazine rings is 1. The third-order valence-corrected chi connectivity index (χ3v) is 4.37. The number of aromatic nitrogens is 3. The van der Waals surface area contributed by atoms with Crippen molar-refractivity contribution in [1.29, 1.82) is 0 Å². The highest BCUT2D eigenvalue weighted by Crippen LogP contribution is 2.29. The molecular weight excluding hydrogens is 282 g/mol. The van der Waals surface area contributed by atoms with Gasteiger partial charge in [-0.1, -0.05) is 11.6 Å². The van der Waals surface area contributed by atoms with Gasteiger partial charge in [0, 0.05) is 26.2 Å². The van der Waals surface area contributed by atoms with E-state index >= 15 is 0 Å². The van der Waals surface area contributed by atoms with Crippen LogP contribution in [0.15, 0.2) is 18.5 Å². The molecule has 0 radical (unpaired) electrons. The summed E-state index contributed by atoms with van der Waals surface area (Å²) in [7, 11) is 2.13. The number of likely N-dealkylation sites (N-methyl/N-ethyl adjacent to an activating group) is 1. The zero-order chi connectivity index (χ0) is 13.2. The van der Waals surface area contributed by atoms with Crippen molar-refractivity contribution in [2.45, 2.75) is 0 Å². The summed E-state index contributed by atoms with van der Waals surface area (Å²) in [5.74, 6) is 1.45. The minimum Gasteiger partial charge on any atom is -0.338 e. The molecule has 19 heavy (non-hydrogen) atoms. The number of anilines is 1. The monoisotopic (exact) mass is 295 g/mol. The Labute approximate surface area is 120 Å². The maximum atomic E-state index is 5.95. The molecule has 3 rings (SSSR count). The first-order valence-electron chi connectivity index (χ1n) is 6.10. The summed E-state index contributed by atoms with van der Waals surface area (Å²) in [4.78, 5) is 18.5. The van der Waals surface area contributed by atoms with Crippen LogP contribution >= 0.6 is 22.9 Å². The summed E-state index contributed by atoms with van der Waals surface area (Å²) >= 11 is 7.43. The number of halogens is 1. The van der Waals surface area contributed by atoms with Crippen molar-refractivity contribution in [3.63, 3.8) is 0 Å². The van der Waals surface area contributed by atoms with Gasteiger partial charge in [0.25, 0.3) is 0 Å². The topological polar surface area (TPSA) is 45.2 Å². The lowest BCUT2D eigenvalue weighted by Gasteiger charge is -2.32. The van der Waals surface area contributed by atoms with E-state index in [-0.39, 0.29) is 0 Å². The highest BCUT2D eigenvalue weighted by Gasteiger charge is 2.17. The van der Waals surface area contributed by atoms with Crippen molar-refractivity contribution >= 4 is 28.9 Å². The van der Waals surface area contributed by atoms with E-state index in [0.29, 0.717) is 5.82 Å². The molecular formula is C12H14ClN5S. The van der Waals surface area contributed by atoms with Gasteiger partial charge in [-0.2, -0.15) is 4.98 Å². The van der Waals surface area contributed by atoms with Crippen LogP contribution in [0.4, 0.5) is 5.95 Å². The van der Waals surface area contributed by atoms with Gasteiger partial charge in [0.2, 0.25) is 5.95 Å². The van der Waals surface area contributed by atoms with E-state index in [9.17, 15) is 0 Å². The minimum atomic E-state index is 0.695. The van der Waals surface area contributed by atoms with Gasteiger partial charge >= 0.3 is 0 Å². The molecule has 0 bridgehead atoms. The summed E-state index contributed by atoms with van der Waals surface area (Å²) in [6, 6.07) is 3.80. The number of nitrogens with zero attached hydrogens (tertiary/aromatic N) is 5. The zero-order valence-electron chi connectivity index (χ0n) is 10.6. The number of hydrogen-bond donors (Lipinski definition) is 0. The first-order valence-corrected chi connectivity index (χ1v) is 7.30. The standard InChI is InChI=1S/C12H14ClN5S/c1-17-4-6-18(7-5-17)12-15-8-14-11(16-12)9-2-3-10(13)19-9/h2-3,8H,4-7H2,1H3. The van der Waals surface area contributed by atoms with Crippen LogP contribution in [-0.2, 0) is 0 Å². The predicted octanol–water partition coefficient (Wildman–Crippen LogP) is 2.01. The molecule has 1 aliphatic rings. The van der Waals surface area contributed by atoms with Gasteiger partial charge in [0.15, 0.2) is 5.82 Å². The molecule has 2 aromatic heterocycles. The fraction of sp³-hybridized carbons (Fsp3) is 0.417. The van der Waals surface area contributed by atoms with Crippen LogP contribution in [0.2, 0.25) is 4.34 Å². The Hall–Kier alpha value is -1.24. The Kier molecular flexibility index (Phi) is 3.63. The van der Waals surface area contributed by atoms with E-state index in [1.807, 2.05) is 12.1 Å². The number of hydrogen-bond acceptors (Lipinski definition) is 6. The number of thiophene rings is 1. The molecule has 100 valence electrons. The van der Waals surface area contributed by atoms with Crippen LogP contribution in [0.25, 0.3) is 10.7 Å². The summed E-state index contributed by atoms with van der Waals surface area (Å²) < 4.78 is 0.747. The van der Waals surface area contributed by atoms with Crippen molar-refractivity contribution in [3.05, 3.63) is 22.8 Å². The lowest BCUT2D eigenvalue weighted by atomic mass is 10.3.